The van der Waals surface area contributed by atoms with Gasteiger partial charge in [0.1, 0.15) is 6.29 Å². The van der Waals surface area contributed by atoms with Gasteiger partial charge in [0.05, 0.1) is 5.57 Å². The van der Waals surface area contributed by atoms with E-state index in [1.165, 1.54) is 12.3 Å². The van der Waals surface area contributed by atoms with E-state index in [4.69, 9.17) is 5.11 Å². The molecule has 0 heterocycles. The van der Waals surface area contributed by atoms with Crippen molar-refractivity contribution < 1.29 is 47.4 Å². The molecule has 1 aliphatic rings. The molecular formula is C11H14NO3Y-. The van der Waals surface area contributed by atoms with Crippen molar-refractivity contribution in [3.8, 4) is 0 Å². The first-order valence-corrected chi connectivity index (χ1v) is 4.51. The molecule has 0 aromatic carbocycles. The van der Waals surface area contributed by atoms with Crippen molar-refractivity contribution in [2.75, 3.05) is 7.05 Å². The van der Waals surface area contributed by atoms with Gasteiger partial charge in [-0.15, -0.1) is 7.05 Å². The monoisotopic (exact) mass is 297 g/mol. The third kappa shape index (κ3) is 9.81. The van der Waals surface area contributed by atoms with Gasteiger partial charge in [0.25, 0.3) is 0 Å². The van der Waals surface area contributed by atoms with E-state index in [2.05, 4.69) is 5.32 Å². The predicted molar refractivity (Wildman–Crippen MR) is 58.6 cm³/mol. The molecule has 0 aliphatic heterocycles. The Labute approximate surface area is 120 Å². The molecule has 0 spiro atoms. The van der Waals surface area contributed by atoms with Crippen LogP contribution in [0.5, 0.6) is 0 Å². The topological polar surface area (TPSA) is 68.5 Å². The Morgan fingerprint density at radius 1 is 1.50 bits per heavy atom. The second-order valence-corrected chi connectivity index (χ2v) is 2.68. The molecule has 1 N–H and O–H groups in total. The Morgan fingerprint density at radius 3 is 2.44 bits per heavy atom. The molecule has 5 heteroatoms. The van der Waals surface area contributed by atoms with Crippen LogP contribution < -0.4 is 0 Å². The number of hydrogen-bond donors (Lipinski definition) is 1. The number of carboxylic acid groups (broad SMARTS) is 1. The summed E-state index contributed by atoms with van der Waals surface area (Å²) in [6.07, 6.45) is 10.5. The second-order valence-electron chi connectivity index (χ2n) is 2.68. The summed E-state index contributed by atoms with van der Waals surface area (Å²) in [7, 11) is 1.61. The molecule has 0 unspecified atom stereocenters. The fourth-order valence-electron chi connectivity index (χ4n) is 0.893. The number of aliphatic carboxylic acids is 1. The maximum Gasteiger partial charge on any atom is 0.335 e. The summed E-state index contributed by atoms with van der Waals surface area (Å²) in [5.74, 6) is -0.828. The maximum atomic E-state index is 10.2. The molecular weight excluding hydrogens is 283 g/mol. The molecule has 85 valence electrons. The number of nitrogens with zero attached hydrogens (tertiary/aromatic N) is 1. The molecule has 0 aromatic rings. The van der Waals surface area contributed by atoms with Gasteiger partial charge in [-0.25, -0.2) is 4.79 Å². The molecule has 0 saturated heterocycles. The first-order chi connectivity index (χ1) is 7.22. The maximum absolute atomic E-state index is 10.2. The van der Waals surface area contributed by atoms with Crippen LogP contribution in [0.15, 0.2) is 36.1 Å². The molecule has 1 aliphatic carbocycles. The summed E-state index contributed by atoms with van der Waals surface area (Å²) in [4.78, 5) is 19.7. The van der Waals surface area contributed by atoms with E-state index in [1.54, 1.807) is 19.2 Å². The summed E-state index contributed by atoms with van der Waals surface area (Å²) in [6.45, 7) is 0. The number of carboxylic acids is 1. The van der Waals surface area contributed by atoms with Gasteiger partial charge >= 0.3 is 5.97 Å². The first-order valence-electron chi connectivity index (χ1n) is 4.51. The van der Waals surface area contributed by atoms with E-state index in [1.807, 2.05) is 6.08 Å². The largest absolute Gasteiger partial charge is 0.693 e. The summed E-state index contributed by atoms with van der Waals surface area (Å²) in [5.41, 5.74) is 0.418. The zero-order valence-electron chi connectivity index (χ0n) is 9.17. The smallest absolute Gasteiger partial charge is 0.335 e. The minimum absolute atomic E-state index is 0. The van der Waals surface area contributed by atoms with Crippen LogP contribution in [0.4, 0.5) is 0 Å². The van der Waals surface area contributed by atoms with E-state index in [9.17, 15) is 9.59 Å². The van der Waals surface area contributed by atoms with Crippen molar-refractivity contribution in [1.29, 1.82) is 0 Å². The summed E-state index contributed by atoms with van der Waals surface area (Å²) in [6, 6.07) is 0. The molecule has 1 radical (unpaired) electrons. The van der Waals surface area contributed by atoms with Crippen LogP contribution >= 0.6 is 0 Å². The zero-order valence-corrected chi connectivity index (χ0v) is 12.0. The van der Waals surface area contributed by atoms with Gasteiger partial charge in [-0.3, -0.25) is 4.79 Å². The van der Waals surface area contributed by atoms with Gasteiger partial charge in [-0.2, -0.15) is 6.20 Å². The van der Waals surface area contributed by atoms with E-state index >= 15 is 0 Å². The van der Waals surface area contributed by atoms with Crippen LogP contribution in [-0.2, 0) is 42.3 Å². The fraction of sp³-hybridized carbons (Fsp3) is 0.273. The fourth-order valence-corrected chi connectivity index (χ4v) is 0.893. The third-order valence-electron chi connectivity index (χ3n) is 1.56. The average molecular weight is 297 g/mol. The average Bonchev–Trinajstić information content (AvgIpc) is 2.28. The van der Waals surface area contributed by atoms with Crippen molar-refractivity contribution >= 4 is 12.3 Å². The van der Waals surface area contributed by atoms with Gasteiger partial charge in [-0.05, 0) is 18.9 Å². The van der Waals surface area contributed by atoms with E-state index in [-0.39, 0.29) is 32.7 Å². The molecule has 0 bridgehead atoms. The SMILES string of the molecule is C[N-]/C=C/C=O.O=C(O)C1=CCCC=C1.[Y]. The Kier molecular flexibility index (Phi) is 13.6. The molecule has 0 atom stereocenters. The Morgan fingerprint density at radius 2 is 2.19 bits per heavy atom. The summed E-state index contributed by atoms with van der Waals surface area (Å²) < 4.78 is 0. The predicted octanol–water partition coefficient (Wildman–Crippen LogP) is 2.05. The number of allylic oxidation sites excluding steroid dienone is 3. The number of carbonyl (C=O) groups excluding carboxylic acids is 1. The molecule has 0 fully saturated rings. The van der Waals surface area contributed by atoms with Crippen molar-refractivity contribution in [1.82, 2.24) is 0 Å². The van der Waals surface area contributed by atoms with Gasteiger partial charge in [0, 0.05) is 32.7 Å². The van der Waals surface area contributed by atoms with Crippen molar-refractivity contribution in [3.63, 3.8) is 0 Å². The van der Waals surface area contributed by atoms with Crippen LogP contribution in [0.3, 0.4) is 0 Å². The second kappa shape index (κ2) is 12.3. The van der Waals surface area contributed by atoms with E-state index in [0.717, 1.165) is 12.8 Å². The third-order valence-corrected chi connectivity index (χ3v) is 1.56. The normalized spacial score (nSPS) is 12.9. The summed E-state index contributed by atoms with van der Waals surface area (Å²) in [5, 5.41) is 11.9. The van der Waals surface area contributed by atoms with Crippen molar-refractivity contribution in [2.45, 2.75) is 12.8 Å². The zero-order chi connectivity index (χ0) is 11.5. The minimum atomic E-state index is -0.828. The summed E-state index contributed by atoms with van der Waals surface area (Å²) >= 11 is 0. The number of aldehydes is 1. The Bertz CT molecular complexity index is 296. The number of carbonyl (C=O) groups is 2. The number of rotatable bonds is 3. The quantitative estimate of drug-likeness (QED) is 0.640. The standard InChI is InChI=1S/C7H8O2.C4H7NO.Y/c8-7(9)6-4-2-1-3-5-6;1-5-3-2-4-6;/h2,4-5H,1,3H2,(H,8,9);2-4H,1H3,(H,5,6);/p-1. The van der Waals surface area contributed by atoms with Crippen LogP contribution in [-0.4, -0.2) is 24.4 Å². The van der Waals surface area contributed by atoms with Crippen LogP contribution in [0.1, 0.15) is 12.8 Å². The molecule has 0 aromatic heterocycles. The first kappa shape index (κ1) is 17.7. The molecule has 0 amide bonds. The molecule has 4 nitrogen and oxygen atoms in total. The molecule has 1 rings (SSSR count). The van der Waals surface area contributed by atoms with Crippen LogP contribution in [0.2, 0.25) is 0 Å². The van der Waals surface area contributed by atoms with E-state index in [0.29, 0.717) is 11.9 Å². The van der Waals surface area contributed by atoms with E-state index < -0.39 is 5.97 Å². The van der Waals surface area contributed by atoms with Crippen LogP contribution in [0, 0.1) is 0 Å². The molecule has 16 heavy (non-hydrogen) atoms. The van der Waals surface area contributed by atoms with Gasteiger partial charge < -0.3 is 10.4 Å². The number of hydrogen-bond acceptors (Lipinski definition) is 2. The van der Waals surface area contributed by atoms with Crippen molar-refractivity contribution in [2.24, 2.45) is 0 Å². The van der Waals surface area contributed by atoms with Gasteiger partial charge in [-0.1, -0.05) is 18.2 Å². The van der Waals surface area contributed by atoms with Gasteiger partial charge in [0.2, 0.25) is 0 Å². The molecule has 0 saturated carbocycles. The van der Waals surface area contributed by atoms with Gasteiger partial charge in [0.15, 0.2) is 0 Å². The Hall–Kier alpha value is -0.736. The Balaban J connectivity index is 0. The minimum Gasteiger partial charge on any atom is -0.693 e. The van der Waals surface area contributed by atoms with Crippen molar-refractivity contribution in [3.05, 3.63) is 41.4 Å². The van der Waals surface area contributed by atoms with Crippen LogP contribution in [0.25, 0.3) is 5.32 Å².